The fraction of sp³-hybridized carbons (Fsp3) is 0.0930. The number of carbonyl (C=O) groups is 3. The second-order valence-corrected chi connectivity index (χ2v) is 11.9. The number of hydrogen-bond acceptors (Lipinski definition) is 5. The fourth-order valence-corrected chi connectivity index (χ4v) is 5.56. The van der Waals surface area contributed by atoms with Crippen LogP contribution in [0, 0.1) is 0 Å². The van der Waals surface area contributed by atoms with Gasteiger partial charge in [0.05, 0.1) is 6.04 Å². The molecule has 1 unspecified atom stereocenters. The molecule has 6 aromatic rings. The molecule has 0 fully saturated rings. The number of benzene rings is 6. The summed E-state index contributed by atoms with van der Waals surface area (Å²) in [5, 5.41) is 14.9. The molecule has 8 heteroatoms. The van der Waals surface area contributed by atoms with Crippen molar-refractivity contribution in [3.05, 3.63) is 180 Å². The molecule has 0 aliphatic rings. The van der Waals surface area contributed by atoms with E-state index in [1.807, 2.05) is 146 Å². The first kappa shape index (κ1) is 34.2. The molecule has 0 spiro atoms. The smallest absolute Gasteiger partial charge is 0.394 e. The maximum atomic E-state index is 12.8. The van der Waals surface area contributed by atoms with E-state index in [0.717, 1.165) is 39.3 Å². The summed E-state index contributed by atoms with van der Waals surface area (Å²) in [6.45, 7) is 0.491. The highest BCUT2D eigenvalue weighted by Gasteiger charge is 2.20. The molecule has 1 atom stereocenters. The van der Waals surface area contributed by atoms with Gasteiger partial charge in [-0.3, -0.25) is 9.59 Å². The highest BCUT2D eigenvalue weighted by atomic mass is 16.5. The first-order chi connectivity index (χ1) is 24.9. The second kappa shape index (κ2) is 16.6. The number of hydrogen-bond donors (Lipinski definition) is 3. The third kappa shape index (κ3) is 9.70. The van der Waals surface area contributed by atoms with Gasteiger partial charge >= 0.3 is 11.9 Å². The summed E-state index contributed by atoms with van der Waals surface area (Å²) >= 11 is 0. The lowest BCUT2D eigenvalue weighted by Crippen LogP contribution is -2.35. The van der Waals surface area contributed by atoms with Crippen molar-refractivity contribution < 1.29 is 29.0 Å². The first-order valence-electron chi connectivity index (χ1n) is 16.6. The van der Waals surface area contributed by atoms with Gasteiger partial charge in [0.25, 0.3) is 5.91 Å². The lowest BCUT2D eigenvalue weighted by molar-refractivity contribution is -0.150. The predicted molar refractivity (Wildman–Crippen MR) is 196 cm³/mol. The lowest BCUT2D eigenvalue weighted by Gasteiger charge is -2.19. The Bertz CT molecular complexity index is 2070. The van der Waals surface area contributed by atoms with Crippen molar-refractivity contribution in [1.82, 2.24) is 10.6 Å². The van der Waals surface area contributed by atoms with E-state index < -0.39 is 17.9 Å². The van der Waals surface area contributed by atoms with E-state index in [9.17, 15) is 19.5 Å². The minimum Gasteiger partial charge on any atom is -0.474 e. The summed E-state index contributed by atoms with van der Waals surface area (Å²) in [6.07, 6.45) is 1.03. The number of aliphatic carboxylic acids is 1. The van der Waals surface area contributed by atoms with Crippen molar-refractivity contribution in [2.24, 2.45) is 0 Å². The van der Waals surface area contributed by atoms with E-state index in [1.165, 1.54) is 0 Å². The van der Waals surface area contributed by atoms with E-state index in [1.54, 1.807) is 12.1 Å². The topological polar surface area (TPSA) is 114 Å². The molecule has 0 aliphatic heterocycles. The summed E-state index contributed by atoms with van der Waals surface area (Å²) in [4.78, 5) is 36.5. The zero-order valence-corrected chi connectivity index (χ0v) is 27.7. The Balaban J connectivity index is 1.05. The Labute approximate surface area is 296 Å². The van der Waals surface area contributed by atoms with Crippen LogP contribution in [0.4, 0.5) is 0 Å². The van der Waals surface area contributed by atoms with Crippen molar-refractivity contribution in [3.63, 3.8) is 0 Å². The van der Waals surface area contributed by atoms with Crippen LogP contribution in [0.3, 0.4) is 0 Å². The Morgan fingerprint density at radius 3 is 1.73 bits per heavy atom. The Hall–Kier alpha value is -6.67. The van der Waals surface area contributed by atoms with Crippen molar-refractivity contribution in [1.29, 1.82) is 0 Å². The number of carboxylic acids is 1. The van der Waals surface area contributed by atoms with Gasteiger partial charge in [-0.05, 0) is 101 Å². The Morgan fingerprint density at radius 2 is 1.12 bits per heavy atom. The van der Waals surface area contributed by atoms with Crippen LogP contribution in [0.2, 0.25) is 0 Å². The van der Waals surface area contributed by atoms with Gasteiger partial charge in [0.1, 0.15) is 23.0 Å². The Kier molecular flexibility index (Phi) is 11.2. The van der Waals surface area contributed by atoms with Gasteiger partial charge in [-0.1, -0.05) is 97.1 Å². The van der Waals surface area contributed by atoms with Crippen molar-refractivity contribution in [2.75, 3.05) is 6.54 Å². The molecule has 51 heavy (non-hydrogen) atoms. The van der Waals surface area contributed by atoms with Crippen molar-refractivity contribution >= 4 is 17.8 Å². The number of para-hydroxylation sites is 2. The van der Waals surface area contributed by atoms with E-state index in [4.69, 9.17) is 9.47 Å². The van der Waals surface area contributed by atoms with Crippen LogP contribution in [0.25, 0.3) is 11.1 Å². The van der Waals surface area contributed by atoms with Crippen LogP contribution in [0.1, 0.15) is 33.1 Å². The first-order valence-corrected chi connectivity index (χ1v) is 16.6. The molecule has 6 rings (SSSR count). The summed E-state index contributed by atoms with van der Waals surface area (Å²) in [5.41, 5.74) is 5.07. The van der Waals surface area contributed by atoms with Crippen LogP contribution >= 0.6 is 0 Å². The molecule has 6 aromatic carbocycles. The summed E-state index contributed by atoms with van der Waals surface area (Å²) in [6, 6.07) is 48.6. The van der Waals surface area contributed by atoms with E-state index in [0.29, 0.717) is 36.4 Å². The molecular formula is C43H36N2O6. The monoisotopic (exact) mass is 676 g/mol. The number of ether oxygens (including phenoxy) is 2. The zero-order valence-electron chi connectivity index (χ0n) is 27.7. The maximum Gasteiger partial charge on any atom is 0.394 e. The Morgan fingerprint density at radius 1 is 0.569 bits per heavy atom. The lowest BCUT2D eigenvalue weighted by atomic mass is 9.96. The van der Waals surface area contributed by atoms with E-state index >= 15 is 0 Å². The highest BCUT2D eigenvalue weighted by molar-refractivity contribution is 6.31. The largest absolute Gasteiger partial charge is 0.474 e. The third-order valence-corrected chi connectivity index (χ3v) is 8.21. The van der Waals surface area contributed by atoms with Crippen LogP contribution in [0.5, 0.6) is 23.0 Å². The molecule has 3 N–H and O–H groups in total. The van der Waals surface area contributed by atoms with Gasteiger partial charge in [0, 0.05) is 12.1 Å². The van der Waals surface area contributed by atoms with Gasteiger partial charge < -0.3 is 25.2 Å². The normalized spacial score (nSPS) is 11.2. The molecule has 0 aliphatic carbocycles. The average Bonchev–Trinajstić information content (AvgIpc) is 3.16. The van der Waals surface area contributed by atoms with Gasteiger partial charge in [-0.25, -0.2) is 4.79 Å². The zero-order chi connectivity index (χ0) is 35.4. The number of amides is 2. The minimum absolute atomic E-state index is 0.156. The summed E-state index contributed by atoms with van der Waals surface area (Å²) in [5.74, 6) is 0.0735. The molecule has 0 heterocycles. The molecule has 0 saturated heterocycles. The minimum atomic E-state index is -1.55. The quantitative estimate of drug-likeness (QED) is 0.106. The molecule has 0 aromatic heterocycles. The highest BCUT2D eigenvalue weighted by Crippen LogP contribution is 2.27. The second-order valence-electron chi connectivity index (χ2n) is 11.9. The molecule has 2 amide bonds. The number of carbonyl (C=O) groups excluding carboxylic acids is 2. The van der Waals surface area contributed by atoms with E-state index in [2.05, 4.69) is 10.6 Å². The predicted octanol–water partition coefficient (Wildman–Crippen LogP) is 8.40. The van der Waals surface area contributed by atoms with E-state index in [-0.39, 0.29) is 5.91 Å². The fourth-order valence-electron chi connectivity index (χ4n) is 5.56. The van der Waals surface area contributed by atoms with Crippen LogP contribution < -0.4 is 20.1 Å². The van der Waals surface area contributed by atoms with Gasteiger partial charge in [0.15, 0.2) is 0 Å². The van der Waals surface area contributed by atoms with Crippen LogP contribution in [0.15, 0.2) is 158 Å². The van der Waals surface area contributed by atoms with Gasteiger partial charge in [-0.2, -0.15) is 0 Å². The standard InChI is InChI=1S/C43H36N2O6/c46-41(44-27-26-30-14-24-38(25-15-30)50-36-9-3-1-4-10-36)35-22-18-33(19-23-35)32-16-20-34(21-17-32)40(45-42(47)43(48)49)29-31-8-7-13-39(28-31)51-37-11-5-2-6-12-37/h1-25,28,40H,26-27,29H2,(H,44,46)(H,45,47)(H,48,49). The molecular weight excluding hydrogens is 640 g/mol. The SMILES string of the molecule is O=C(O)C(=O)NC(Cc1cccc(Oc2ccccc2)c1)c1ccc(-c2ccc(C(=O)NCCc3ccc(Oc4ccccc4)cc3)cc2)cc1. The van der Waals surface area contributed by atoms with Crippen LogP contribution in [-0.4, -0.2) is 29.4 Å². The maximum absolute atomic E-state index is 12.8. The van der Waals surface area contributed by atoms with Crippen molar-refractivity contribution in [2.45, 2.75) is 18.9 Å². The summed E-state index contributed by atoms with van der Waals surface area (Å²) < 4.78 is 11.8. The summed E-state index contributed by atoms with van der Waals surface area (Å²) in [7, 11) is 0. The van der Waals surface area contributed by atoms with Gasteiger partial charge in [-0.15, -0.1) is 0 Å². The molecule has 0 saturated carbocycles. The number of rotatable bonds is 13. The van der Waals surface area contributed by atoms with Crippen LogP contribution in [-0.2, 0) is 22.4 Å². The third-order valence-electron chi connectivity index (χ3n) is 8.21. The number of nitrogens with one attached hydrogen (secondary N) is 2. The molecule has 0 radical (unpaired) electrons. The average molecular weight is 677 g/mol. The molecule has 0 bridgehead atoms. The number of carboxylic acid groups (broad SMARTS) is 1. The van der Waals surface area contributed by atoms with Gasteiger partial charge in [0.2, 0.25) is 0 Å². The molecule has 254 valence electrons. The van der Waals surface area contributed by atoms with Crippen molar-refractivity contribution in [3.8, 4) is 34.1 Å². The molecule has 8 nitrogen and oxygen atoms in total.